The normalized spacial score (nSPS) is 13.4. The molecule has 0 spiro atoms. The van der Waals surface area contributed by atoms with E-state index in [4.69, 9.17) is 9.44 Å². The Kier molecular flexibility index (Phi) is 4.27. The van der Waals surface area contributed by atoms with Gasteiger partial charge in [-0.2, -0.15) is 13.7 Å². The smallest absolute Gasteiger partial charge is 0.247 e. The van der Waals surface area contributed by atoms with E-state index < -0.39 is 16.2 Å². The molecule has 0 aromatic heterocycles. The number of nitrogens with zero attached hydrogens (tertiary/aromatic N) is 1. The zero-order chi connectivity index (χ0) is 13.1. The van der Waals surface area contributed by atoms with E-state index in [0.29, 0.717) is 0 Å². The van der Waals surface area contributed by atoms with Crippen LogP contribution in [0.2, 0.25) is 0 Å². The van der Waals surface area contributed by atoms with Crippen LogP contribution in [0.25, 0.3) is 0 Å². The first kappa shape index (κ1) is 13.7. The van der Waals surface area contributed by atoms with Crippen LogP contribution in [0.4, 0.5) is 0 Å². The summed E-state index contributed by atoms with van der Waals surface area (Å²) in [5.74, 6) is -0.180. The summed E-state index contributed by atoms with van der Waals surface area (Å²) in [5, 5.41) is 8.81. The second kappa shape index (κ2) is 5.30. The van der Waals surface area contributed by atoms with Crippen molar-refractivity contribution in [1.82, 2.24) is 0 Å². The van der Waals surface area contributed by atoms with Gasteiger partial charge in [0.2, 0.25) is 0 Å². The van der Waals surface area contributed by atoms with Crippen LogP contribution in [-0.2, 0) is 14.3 Å². The molecule has 1 atom stereocenters. The van der Waals surface area contributed by atoms with E-state index in [0.717, 1.165) is 5.56 Å². The molecular formula is C12H15NO3S. The van der Waals surface area contributed by atoms with Crippen LogP contribution in [0.15, 0.2) is 29.2 Å². The summed E-state index contributed by atoms with van der Waals surface area (Å²) < 4.78 is 28.6. The highest BCUT2D eigenvalue weighted by molar-refractivity contribution is 7.86. The Labute approximate surface area is 102 Å². The van der Waals surface area contributed by atoms with Crippen LogP contribution in [0.3, 0.4) is 0 Å². The van der Waals surface area contributed by atoms with Crippen LogP contribution in [0.5, 0.6) is 0 Å². The first-order valence-corrected chi connectivity index (χ1v) is 6.67. The topological polar surface area (TPSA) is 67.2 Å². The van der Waals surface area contributed by atoms with Gasteiger partial charge in [0.1, 0.15) is 0 Å². The highest BCUT2D eigenvalue weighted by Crippen LogP contribution is 2.17. The van der Waals surface area contributed by atoms with Gasteiger partial charge >= 0.3 is 0 Å². The van der Waals surface area contributed by atoms with Crippen molar-refractivity contribution in [2.45, 2.75) is 31.8 Å². The SMILES string of the molecule is Cc1ccc(S(=O)(=O)OC(C#N)C(C)C)cc1. The molecule has 0 aliphatic rings. The molecule has 5 heteroatoms. The van der Waals surface area contributed by atoms with Gasteiger partial charge in [-0.05, 0) is 25.0 Å². The predicted octanol–water partition coefficient (Wildman–Crippen LogP) is 2.25. The van der Waals surface area contributed by atoms with Crippen LogP contribution in [0, 0.1) is 24.2 Å². The molecule has 0 saturated heterocycles. The maximum absolute atomic E-state index is 11.8. The van der Waals surface area contributed by atoms with Crippen molar-refractivity contribution in [3.05, 3.63) is 29.8 Å². The van der Waals surface area contributed by atoms with Crippen molar-refractivity contribution in [1.29, 1.82) is 5.26 Å². The second-order valence-electron chi connectivity index (χ2n) is 4.16. The summed E-state index contributed by atoms with van der Waals surface area (Å²) in [6.07, 6.45) is -0.957. The van der Waals surface area contributed by atoms with Crippen molar-refractivity contribution in [2.75, 3.05) is 0 Å². The summed E-state index contributed by atoms with van der Waals surface area (Å²) in [6.45, 7) is 5.33. The van der Waals surface area contributed by atoms with Gasteiger partial charge in [-0.1, -0.05) is 31.5 Å². The molecule has 92 valence electrons. The molecule has 0 aliphatic heterocycles. The van der Waals surface area contributed by atoms with Crippen LogP contribution >= 0.6 is 0 Å². The molecule has 0 aliphatic carbocycles. The zero-order valence-electron chi connectivity index (χ0n) is 10.0. The summed E-state index contributed by atoms with van der Waals surface area (Å²) in [4.78, 5) is 0.0731. The number of rotatable bonds is 4. The van der Waals surface area contributed by atoms with Gasteiger partial charge in [-0.25, -0.2) is 4.18 Å². The average molecular weight is 253 g/mol. The molecular weight excluding hydrogens is 238 g/mol. The third-order valence-electron chi connectivity index (χ3n) is 2.27. The largest absolute Gasteiger partial charge is 0.298 e. The van der Waals surface area contributed by atoms with E-state index >= 15 is 0 Å². The number of hydrogen-bond donors (Lipinski definition) is 0. The number of benzene rings is 1. The zero-order valence-corrected chi connectivity index (χ0v) is 10.9. The first-order valence-electron chi connectivity index (χ1n) is 5.26. The van der Waals surface area contributed by atoms with E-state index in [9.17, 15) is 8.42 Å². The molecule has 0 heterocycles. The maximum atomic E-state index is 11.8. The quantitative estimate of drug-likeness (QED) is 0.772. The molecule has 0 bridgehead atoms. The van der Waals surface area contributed by atoms with Gasteiger partial charge in [-0.3, -0.25) is 0 Å². The minimum atomic E-state index is -3.86. The monoisotopic (exact) mass is 253 g/mol. The molecule has 0 fully saturated rings. The van der Waals surface area contributed by atoms with Gasteiger partial charge in [0.15, 0.2) is 6.10 Å². The Morgan fingerprint density at radius 3 is 2.18 bits per heavy atom. The van der Waals surface area contributed by atoms with Crippen LogP contribution in [-0.4, -0.2) is 14.5 Å². The average Bonchev–Trinajstić information content (AvgIpc) is 2.26. The van der Waals surface area contributed by atoms with Crippen molar-refractivity contribution >= 4 is 10.1 Å². The molecule has 1 aromatic rings. The molecule has 0 amide bonds. The van der Waals surface area contributed by atoms with E-state index in [-0.39, 0.29) is 10.8 Å². The Balaban J connectivity index is 2.97. The van der Waals surface area contributed by atoms with Gasteiger partial charge < -0.3 is 0 Å². The van der Waals surface area contributed by atoms with E-state index in [1.807, 2.05) is 13.0 Å². The fourth-order valence-corrected chi connectivity index (χ4v) is 2.30. The van der Waals surface area contributed by atoms with Crippen molar-refractivity contribution < 1.29 is 12.6 Å². The number of hydrogen-bond acceptors (Lipinski definition) is 4. The fourth-order valence-electron chi connectivity index (χ4n) is 1.18. The Morgan fingerprint density at radius 1 is 1.24 bits per heavy atom. The molecule has 0 radical (unpaired) electrons. The molecule has 1 unspecified atom stereocenters. The minimum absolute atomic E-state index is 0.0731. The summed E-state index contributed by atoms with van der Waals surface area (Å²) in [6, 6.07) is 8.16. The molecule has 1 rings (SSSR count). The Hall–Kier alpha value is -1.38. The summed E-state index contributed by atoms with van der Waals surface area (Å²) in [7, 11) is -3.86. The molecule has 17 heavy (non-hydrogen) atoms. The fraction of sp³-hybridized carbons (Fsp3) is 0.417. The molecule has 1 aromatic carbocycles. The predicted molar refractivity (Wildman–Crippen MR) is 63.7 cm³/mol. The van der Waals surface area contributed by atoms with Crippen molar-refractivity contribution in [3.8, 4) is 6.07 Å². The molecule has 0 N–H and O–H groups in total. The van der Waals surface area contributed by atoms with E-state index in [2.05, 4.69) is 0 Å². The van der Waals surface area contributed by atoms with Gasteiger partial charge in [-0.15, -0.1) is 0 Å². The Bertz CT molecular complexity index is 512. The second-order valence-corrected chi connectivity index (χ2v) is 5.73. The lowest BCUT2D eigenvalue weighted by Gasteiger charge is -2.13. The summed E-state index contributed by atoms with van der Waals surface area (Å²) >= 11 is 0. The number of nitriles is 1. The highest BCUT2D eigenvalue weighted by atomic mass is 32.2. The van der Waals surface area contributed by atoms with E-state index in [1.165, 1.54) is 12.1 Å². The van der Waals surface area contributed by atoms with Gasteiger partial charge in [0.05, 0.1) is 11.0 Å². The molecule has 4 nitrogen and oxygen atoms in total. The lowest BCUT2D eigenvalue weighted by atomic mass is 10.1. The standard InChI is InChI=1S/C12H15NO3S/c1-9(2)12(8-13)16-17(14,15)11-6-4-10(3)5-7-11/h4-7,9,12H,1-3H3. The number of aryl methyl sites for hydroxylation is 1. The van der Waals surface area contributed by atoms with Gasteiger partial charge in [0.25, 0.3) is 10.1 Å². The molecule has 0 saturated carbocycles. The first-order chi connectivity index (χ1) is 7.86. The van der Waals surface area contributed by atoms with E-state index in [1.54, 1.807) is 26.0 Å². The lowest BCUT2D eigenvalue weighted by Crippen LogP contribution is -2.22. The third kappa shape index (κ3) is 3.55. The van der Waals surface area contributed by atoms with Crippen molar-refractivity contribution in [2.24, 2.45) is 5.92 Å². The Morgan fingerprint density at radius 2 is 1.76 bits per heavy atom. The minimum Gasteiger partial charge on any atom is -0.247 e. The van der Waals surface area contributed by atoms with Gasteiger partial charge in [0, 0.05) is 0 Å². The van der Waals surface area contributed by atoms with Crippen molar-refractivity contribution in [3.63, 3.8) is 0 Å². The maximum Gasteiger partial charge on any atom is 0.298 e. The van der Waals surface area contributed by atoms with Crippen LogP contribution < -0.4 is 0 Å². The highest BCUT2D eigenvalue weighted by Gasteiger charge is 2.23. The lowest BCUT2D eigenvalue weighted by molar-refractivity contribution is 0.211. The third-order valence-corrected chi connectivity index (χ3v) is 3.58. The van der Waals surface area contributed by atoms with Crippen LogP contribution in [0.1, 0.15) is 19.4 Å². The summed E-state index contributed by atoms with van der Waals surface area (Å²) in [5.41, 5.74) is 0.963.